The van der Waals surface area contributed by atoms with E-state index in [0.29, 0.717) is 12.4 Å². The fourth-order valence-corrected chi connectivity index (χ4v) is 3.21. The van der Waals surface area contributed by atoms with Crippen molar-refractivity contribution in [3.63, 3.8) is 0 Å². The second-order valence-corrected chi connectivity index (χ2v) is 5.77. The Morgan fingerprint density at radius 1 is 1.14 bits per heavy atom. The Labute approximate surface area is 131 Å². The minimum atomic E-state index is 0.0196. The van der Waals surface area contributed by atoms with Crippen LogP contribution in [0.15, 0.2) is 59.0 Å². The van der Waals surface area contributed by atoms with E-state index >= 15 is 0 Å². The van der Waals surface area contributed by atoms with Crippen molar-refractivity contribution >= 4 is 22.9 Å². The van der Waals surface area contributed by atoms with Gasteiger partial charge < -0.3 is 4.57 Å². The molecule has 3 nitrogen and oxygen atoms in total. The summed E-state index contributed by atoms with van der Waals surface area (Å²) >= 11 is 7.42. The quantitative estimate of drug-likeness (QED) is 0.687. The molecule has 0 amide bonds. The van der Waals surface area contributed by atoms with Crippen LogP contribution in [0.2, 0.25) is 0 Å². The van der Waals surface area contributed by atoms with Crippen LogP contribution in [0.25, 0.3) is 10.6 Å². The summed E-state index contributed by atoms with van der Waals surface area (Å²) in [5.41, 5.74) is 3.19. The molecule has 0 aliphatic heterocycles. The molecule has 0 unspecified atom stereocenters. The molecule has 0 fully saturated rings. The molecular weight excluding hydrogens is 304 g/mol. The third kappa shape index (κ3) is 3.23. The first-order valence-corrected chi connectivity index (χ1v) is 7.92. The summed E-state index contributed by atoms with van der Waals surface area (Å²) in [7, 11) is 0. The fraction of sp³-hybridized carbons (Fsp3) is 0.125. The number of alkyl halides is 1. The number of thiazole rings is 1. The van der Waals surface area contributed by atoms with Crippen LogP contribution >= 0.6 is 22.9 Å². The van der Waals surface area contributed by atoms with Gasteiger partial charge in [0.1, 0.15) is 5.01 Å². The first-order chi connectivity index (χ1) is 10.3. The highest BCUT2D eigenvalue weighted by atomic mass is 35.5. The van der Waals surface area contributed by atoms with E-state index in [1.807, 2.05) is 22.1 Å². The van der Waals surface area contributed by atoms with Crippen LogP contribution < -0.4 is 5.43 Å². The second-order valence-electron chi connectivity index (χ2n) is 4.64. The highest BCUT2D eigenvalue weighted by Crippen LogP contribution is 2.28. The molecule has 0 aliphatic rings. The summed E-state index contributed by atoms with van der Waals surface area (Å²) < 4.78 is 1.98. The summed E-state index contributed by atoms with van der Waals surface area (Å²) in [5, 5.41) is 2.96. The number of aromatic nitrogens is 2. The average Bonchev–Trinajstić information content (AvgIpc) is 2.99. The van der Waals surface area contributed by atoms with Crippen LogP contribution in [0.4, 0.5) is 0 Å². The van der Waals surface area contributed by atoms with E-state index < -0.39 is 0 Å². The summed E-state index contributed by atoms with van der Waals surface area (Å²) in [6.07, 6.45) is 3.59. The largest absolute Gasteiger partial charge is 0.350 e. The number of halogens is 1. The van der Waals surface area contributed by atoms with E-state index in [9.17, 15) is 4.79 Å². The molecule has 2 aromatic heterocycles. The Morgan fingerprint density at radius 3 is 2.62 bits per heavy atom. The van der Waals surface area contributed by atoms with Crippen LogP contribution in [0.1, 0.15) is 11.3 Å². The lowest BCUT2D eigenvalue weighted by atomic mass is 10.1. The molecule has 0 atom stereocenters. The first-order valence-electron chi connectivity index (χ1n) is 6.51. The van der Waals surface area contributed by atoms with Gasteiger partial charge in [0, 0.05) is 42.0 Å². The lowest BCUT2D eigenvalue weighted by Crippen LogP contribution is -2.05. The Morgan fingerprint density at radius 2 is 1.90 bits per heavy atom. The van der Waals surface area contributed by atoms with Crippen LogP contribution in [0.3, 0.4) is 0 Å². The van der Waals surface area contributed by atoms with Crippen LogP contribution in [0.5, 0.6) is 0 Å². The molecule has 3 rings (SSSR count). The van der Waals surface area contributed by atoms with E-state index in [0.717, 1.165) is 21.8 Å². The van der Waals surface area contributed by atoms with Crippen molar-refractivity contribution in [3.8, 4) is 10.6 Å². The molecular formula is C16H13ClN2OS. The highest BCUT2D eigenvalue weighted by molar-refractivity contribution is 7.13. The zero-order valence-corrected chi connectivity index (χ0v) is 12.8. The number of benzene rings is 1. The van der Waals surface area contributed by atoms with Crippen LogP contribution in [-0.2, 0) is 12.4 Å². The van der Waals surface area contributed by atoms with Crippen molar-refractivity contribution in [2.45, 2.75) is 12.4 Å². The maximum absolute atomic E-state index is 11.2. The molecule has 0 bridgehead atoms. The Hall–Kier alpha value is -1.91. The predicted octanol–water partition coefficient (Wildman–Crippen LogP) is 3.76. The van der Waals surface area contributed by atoms with E-state index in [4.69, 9.17) is 11.6 Å². The third-order valence-electron chi connectivity index (χ3n) is 3.15. The topological polar surface area (TPSA) is 34.9 Å². The maximum Gasteiger partial charge on any atom is 0.181 e. The van der Waals surface area contributed by atoms with Crippen molar-refractivity contribution in [2.24, 2.45) is 0 Å². The summed E-state index contributed by atoms with van der Waals surface area (Å²) in [6, 6.07) is 11.3. The lowest BCUT2D eigenvalue weighted by molar-refractivity contribution is 0.790. The number of pyridine rings is 1. The number of rotatable bonds is 4. The smallest absolute Gasteiger partial charge is 0.181 e. The van der Waals surface area contributed by atoms with Crippen molar-refractivity contribution in [2.75, 3.05) is 0 Å². The predicted molar refractivity (Wildman–Crippen MR) is 86.9 cm³/mol. The van der Waals surface area contributed by atoms with Crippen molar-refractivity contribution in [1.29, 1.82) is 0 Å². The van der Waals surface area contributed by atoms with Crippen LogP contribution in [0, 0.1) is 0 Å². The minimum absolute atomic E-state index is 0.0196. The molecule has 21 heavy (non-hydrogen) atoms. The van der Waals surface area contributed by atoms with Gasteiger partial charge >= 0.3 is 0 Å². The van der Waals surface area contributed by atoms with Crippen molar-refractivity contribution in [3.05, 3.63) is 75.7 Å². The maximum atomic E-state index is 11.2. The van der Waals surface area contributed by atoms with Gasteiger partial charge in [-0.15, -0.1) is 22.9 Å². The van der Waals surface area contributed by atoms with Crippen LogP contribution in [-0.4, -0.2) is 9.55 Å². The number of hydrogen-bond acceptors (Lipinski definition) is 3. The van der Waals surface area contributed by atoms with Gasteiger partial charge in [-0.3, -0.25) is 4.79 Å². The minimum Gasteiger partial charge on any atom is -0.350 e. The monoisotopic (exact) mass is 316 g/mol. The zero-order chi connectivity index (χ0) is 14.7. The van der Waals surface area contributed by atoms with E-state index in [1.54, 1.807) is 35.9 Å². The molecule has 106 valence electrons. The number of nitrogens with zero attached hydrogens (tertiary/aromatic N) is 2. The molecule has 3 aromatic rings. The molecule has 5 heteroatoms. The van der Waals surface area contributed by atoms with Gasteiger partial charge in [0.05, 0.1) is 11.6 Å². The van der Waals surface area contributed by atoms with E-state index in [-0.39, 0.29) is 5.43 Å². The van der Waals surface area contributed by atoms with Gasteiger partial charge in [0.2, 0.25) is 0 Å². The summed E-state index contributed by atoms with van der Waals surface area (Å²) in [5.74, 6) is 0.429. The SMILES string of the molecule is O=c1ccn(Cc2ccccc2-c2nc(CCl)cs2)cc1. The molecule has 0 radical (unpaired) electrons. The lowest BCUT2D eigenvalue weighted by Gasteiger charge is -2.09. The van der Waals surface area contributed by atoms with E-state index in [2.05, 4.69) is 17.1 Å². The zero-order valence-electron chi connectivity index (χ0n) is 11.2. The normalized spacial score (nSPS) is 10.7. The van der Waals surface area contributed by atoms with E-state index in [1.165, 1.54) is 0 Å². The molecule has 0 saturated heterocycles. The molecule has 1 aromatic carbocycles. The third-order valence-corrected chi connectivity index (χ3v) is 4.35. The Bertz CT molecular complexity index is 789. The Balaban J connectivity index is 1.95. The van der Waals surface area contributed by atoms with Crippen molar-refractivity contribution in [1.82, 2.24) is 9.55 Å². The second kappa shape index (κ2) is 6.24. The van der Waals surface area contributed by atoms with Gasteiger partial charge in [0.15, 0.2) is 5.43 Å². The van der Waals surface area contributed by atoms with Gasteiger partial charge in [0.25, 0.3) is 0 Å². The van der Waals surface area contributed by atoms with Crippen molar-refractivity contribution < 1.29 is 0 Å². The Kier molecular flexibility index (Phi) is 4.18. The molecule has 0 spiro atoms. The summed E-state index contributed by atoms with van der Waals surface area (Å²) in [4.78, 5) is 15.7. The van der Waals surface area contributed by atoms with Gasteiger partial charge in [-0.05, 0) is 5.56 Å². The molecule has 0 aliphatic carbocycles. The number of hydrogen-bond donors (Lipinski definition) is 0. The van der Waals surface area contributed by atoms with Gasteiger partial charge in [-0.2, -0.15) is 0 Å². The first kappa shape index (κ1) is 14.0. The standard InChI is InChI=1S/C16H13ClN2OS/c17-9-13-11-21-16(18-13)15-4-2-1-3-12(15)10-19-7-5-14(20)6-8-19/h1-8,11H,9-10H2. The summed E-state index contributed by atoms with van der Waals surface area (Å²) in [6.45, 7) is 0.701. The molecule has 0 saturated carbocycles. The van der Waals surface area contributed by atoms with Gasteiger partial charge in [-0.1, -0.05) is 24.3 Å². The average molecular weight is 317 g/mol. The van der Waals surface area contributed by atoms with Gasteiger partial charge in [-0.25, -0.2) is 4.98 Å². The molecule has 0 N–H and O–H groups in total. The highest BCUT2D eigenvalue weighted by Gasteiger charge is 2.09. The fourth-order valence-electron chi connectivity index (χ4n) is 2.10. The molecule has 2 heterocycles.